The van der Waals surface area contributed by atoms with Gasteiger partial charge in [0.05, 0.1) is 13.2 Å². The highest BCUT2D eigenvalue weighted by atomic mass is 16.6. The molecule has 17 heavy (non-hydrogen) atoms. The lowest BCUT2D eigenvalue weighted by Gasteiger charge is -2.21. The summed E-state index contributed by atoms with van der Waals surface area (Å²) in [5.74, 6) is -0.465. The Hall–Kier alpha value is -1.36. The molecule has 5 heteroatoms. The molecule has 0 N–H and O–H groups in total. The first-order chi connectivity index (χ1) is 7.84. The summed E-state index contributed by atoms with van der Waals surface area (Å²) in [5.41, 5.74) is -0.325. The maximum atomic E-state index is 11.4. The molecule has 0 amide bonds. The molecule has 1 fully saturated rings. The van der Waals surface area contributed by atoms with Crippen molar-refractivity contribution in [2.24, 2.45) is 5.41 Å². The van der Waals surface area contributed by atoms with E-state index < -0.39 is 6.10 Å². The monoisotopic (exact) mass is 242 g/mol. The highest BCUT2D eigenvalue weighted by Gasteiger charge is 2.44. The molecule has 0 aliphatic carbocycles. The van der Waals surface area contributed by atoms with Crippen LogP contribution >= 0.6 is 0 Å². The maximum absolute atomic E-state index is 11.4. The largest absolute Gasteiger partial charge is 0.488 e. The molecule has 0 spiro atoms. The summed E-state index contributed by atoms with van der Waals surface area (Å²) in [5, 5.41) is 0. The molecule has 96 valence electrons. The summed E-state index contributed by atoms with van der Waals surface area (Å²) in [6.07, 6.45) is -0.573. The highest BCUT2D eigenvalue weighted by molar-refractivity contribution is 5.90. The second-order valence-corrected chi connectivity index (χ2v) is 4.67. The van der Waals surface area contributed by atoms with Crippen LogP contribution in [0.3, 0.4) is 0 Å². The number of ether oxygens (including phenoxy) is 3. The first kappa shape index (κ1) is 13.7. The fourth-order valence-corrected chi connectivity index (χ4v) is 1.45. The summed E-state index contributed by atoms with van der Waals surface area (Å²) in [6, 6.07) is 0. The maximum Gasteiger partial charge on any atom is 0.335 e. The number of Topliss-reactive ketones (excluding diaryl/α,β-unsaturated/α-hetero) is 1. The van der Waals surface area contributed by atoms with Crippen molar-refractivity contribution in [1.29, 1.82) is 0 Å². The van der Waals surface area contributed by atoms with Gasteiger partial charge in [-0.1, -0.05) is 20.4 Å². The molecule has 5 nitrogen and oxygen atoms in total. The average molecular weight is 242 g/mol. The number of hydrogen-bond donors (Lipinski definition) is 0. The van der Waals surface area contributed by atoms with Crippen molar-refractivity contribution in [3.05, 3.63) is 12.3 Å². The molecule has 1 rings (SSSR count). The van der Waals surface area contributed by atoms with Crippen LogP contribution in [-0.2, 0) is 23.8 Å². The zero-order valence-corrected chi connectivity index (χ0v) is 10.4. The third-order valence-electron chi connectivity index (χ3n) is 2.55. The van der Waals surface area contributed by atoms with Gasteiger partial charge >= 0.3 is 5.97 Å². The van der Waals surface area contributed by atoms with Crippen molar-refractivity contribution in [2.45, 2.75) is 26.9 Å². The van der Waals surface area contributed by atoms with Crippen LogP contribution < -0.4 is 0 Å². The minimum absolute atomic E-state index is 0.0989. The average Bonchev–Trinajstić information content (AvgIpc) is 2.49. The number of esters is 1. The van der Waals surface area contributed by atoms with Gasteiger partial charge in [-0.05, 0) is 0 Å². The van der Waals surface area contributed by atoms with Crippen LogP contribution in [0.5, 0.6) is 0 Å². The van der Waals surface area contributed by atoms with Crippen molar-refractivity contribution in [1.82, 2.24) is 0 Å². The van der Waals surface area contributed by atoms with E-state index in [1.165, 1.54) is 6.92 Å². The van der Waals surface area contributed by atoms with Crippen molar-refractivity contribution in [3.63, 3.8) is 0 Å². The SMILES string of the molecule is C=C(OCCOC1C(=O)OCC1(C)C)C(C)=O. The van der Waals surface area contributed by atoms with Crippen molar-refractivity contribution in [2.75, 3.05) is 19.8 Å². The zero-order valence-electron chi connectivity index (χ0n) is 10.4. The predicted molar refractivity (Wildman–Crippen MR) is 60.3 cm³/mol. The lowest BCUT2D eigenvalue weighted by molar-refractivity contribution is -0.149. The second kappa shape index (κ2) is 5.31. The molecule has 1 aliphatic rings. The Bertz CT molecular complexity index is 332. The minimum atomic E-state index is -0.573. The van der Waals surface area contributed by atoms with E-state index in [1.807, 2.05) is 13.8 Å². The van der Waals surface area contributed by atoms with Gasteiger partial charge in [0.2, 0.25) is 0 Å². The lowest BCUT2D eigenvalue weighted by atomic mass is 9.90. The van der Waals surface area contributed by atoms with Gasteiger partial charge in [-0.3, -0.25) is 4.79 Å². The third kappa shape index (κ3) is 3.56. The van der Waals surface area contributed by atoms with Crippen molar-refractivity contribution < 1.29 is 23.8 Å². The standard InChI is InChI=1S/C12H18O5/c1-8(13)9(2)15-5-6-16-10-11(14)17-7-12(10,3)4/h10H,2,5-7H2,1,3-4H3. The minimum Gasteiger partial charge on any atom is -0.488 e. The van der Waals surface area contributed by atoms with E-state index >= 15 is 0 Å². The first-order valence-corrected chi connectivity index (χ1v) is 5.45. The Balaban J connectivity index is 2.29. The van der Waals surface area contributed by atoms with Crippen LogP contribution in [0.2, 0.25) is 0 Å². The number of allylic oxidation sites excluding steroid dienone is 1. The van der Waals surface area contributed by atoms with E-state index in [1.54, 1.807) is 0 Å². The molecule has 0 aromatic heterocycles. The summed E-state index contributed by atoms with van der Waals surface area (Å²) in [6.45, 7) is 9.39. The molecule has 0 radical (unpaired) electrons. The molecule has 0 aromatic rings. The van der Waals surface area contributed by atoms with Crippen molar-refractivity contribution in [3.8, 4) is 0 Å². The van der Waals surface area contributed by atoms with Crippen molar-refractivity contribution >= 4 is 11.8 Å². The van der Waals surface area contributed by atoms with Gasteiger partial charge in [0.25, 0.3) is 0 Å². The number of ketones is 1. The molecular formula is C12H18O5. The normalized spacial score (nSPS) is 22.1. The van der Waals surface area contributed by atoms with E-state index in [-0.39, 0.29) is 36.1 Å². The number of carbonyl (C=O) groups is 2. The Morgan fingerprint density at radius 3 is 2.65 bits per heavy atom. The highest BCUT2D eigenvalue weighted by Crippen LogP contribution is 2.30. The van der Waals surface area contributed by atoms with Gasteiger partial charge in [0, 0.05) is 12.3 Å². The van der Waals surface area contributed by atoms with E-state index in [2.05, 4.69) is 6.58 Å². The van der Waals surface area contributed by atoms with Gasteiger partial charge in [-0.25, -0.2) is 4.79 Å². The summed E-state index contributed by atoms with van der Waals surface area (Å²) in [7, 11) is 0. The van der Waals surface area contributed by atoms with E-state index in [9.17, 15) is 9.59 Å². The van der Waals surface area contributed by atoms with Crippen LogP contribution in [0.1, 0.15) is 20.8 Å². The number of carbonyl (C=O) groups excluding carboxylic acids is 2. The molecule has 1 saturated heterocycles. The smallest absolute Gasteiger partial charge is 0.335 e. The Morgan fingerprint density at radius 1 is 1.53 bits per heavy atom. The predicted octanol–water partition coefficient (Wildman–Crippen LogP) is 1.07. The van der Waals surface area contributed by atoms with Crippen LogP contribution in [0.4, 0.5) is 0 Å². The topological polar surface area (TPSA) is 61.8 Å². The van der Waals surface area contributed by atoms with E-state index in [0.717, 1.165) is 0 Å². The molecule has 1 heterocycles. The molecule has 0 bridgehead atoms. The Kier molecular flexibility index (Phi) is 4.28. The Labute approximate surface area is 101 Å². The molecule has 1 atom stereocenters. The van der Waals surface area contributed by atoms with Gasteiger partial charge < -0.3 is 14.2 Å². The number of hydrogen-bond acceptors (Lipinski definition) is 5. The van der Waals surface area contributed by atoms with E-state index in [4.69, 9.17) is 14.2 Å². The van der Waals surface area contributed by atoms with Crippen LogP contribution in [-0.4, -0.2) is 37.7 Å². The van der Waals surface area contributed by atoms with Crippen LogP contribution in [0, 0.1) is 5.41 Å². The fraction of sp³-hybridized carbons (Fsp3) is 0.667. The lowest BCUT2D eigenvalue weighted by Crippen LogP contribution is -2.33. The van der Waals surface area contributed by atoms with Gasteiger partial charge in [0.15, 0.2) is 17.6 Å². The van der Waals surface area contributed by atoms with Crippen LogP contribution in [0.15, 0.2) is 12.3 Å². The molecular weight excluding hydrogens is 224 g/mol. The summed E-state index contributed by atoms with van der Waals surface area (Å²) < 4.78 is 15.4. The zero-order chi connectivity index (χ0) is 13.1. The summed E-state index contributed by atoms with van der Waals surface area (Å²) in [4.78, 5) is 22.2. The molecule has 1 aliphatic heterocycles. The second-order valence-electron chi connectivity index (χ2n) is 4.67. The fourth-order valence-electron chi connectivity index (χ4n) is 1.45. The quantitative estimate of drug-likeness (QED) is 0.302. The van der Waals surface area contributed by atoms with Crippen LogP contribution in [0.25, 0.3) is 0 Å². The molecule has 1 unspecified atom stereocenters. The number of rotatable bonds is 6. The molecule has 0 aromatic carbocycles. The van der Waals surface area contributed by atoms with Gasteiger partial charge in [-0.15, -0.1) is 0 Å². The van der Waals surface area contributed by atoms with Gasteiger partial charge in [0.1, 0.15) is 6.61 Å². The van der Waals surface area contributed by atoms with Gasteiger partial charge in [-0.2, -0.15) is 0 Å². The van der Waals surface area contributed by atoms with E-state index in [0.29, 0.717) is 6.61 Å². The third-order valence-corrected chi connectivity index (χ3v) is 2.55. The molecule has 0 saturated carbocycles. The summed E-state index contributed by atoms with van der Waals surface area (Å²) >= 11 is 0. The Morgan fingerprint density at radius 2 is 2.18 bits per heavy atom. The number of cyclic esters (lactones) is 1. The first-order valence-electron chi connectivity index (χ1n) is 5.45.